The monoisotopic (exact) mass is 631 g/mol. The second-order valence-electron chi connectivity index (χ2n) is 13.9. The standard InChI is InChI=1S/C15H25N3O3.C9H16BNO3.C4H9NO2.ClH/c1-15(2)8-6-17-11(10(8)15)14(21)18-9(5-7-3-4-7)12(19)13(16)20;1-9(2)5-4-11(10(3)14)7(6(5)9)8(12)13;1-2-3(6)4(5)7;/h7-12,17,19H,3-6H2,1-2H3,(H2,16,20)(H,18,21);5-7,14H,4H2,1-3H3,(H,12,13);3,6H,2H2,1H3,(H2,5,7);1H/t8-,9?,10-,11-,12?;5-,6-,7-;;/m00../s1. The number of rotatable bonds is 10. The maximum absolute atomic E-state index is 12.5. The van der Waals surface area contributed by atoms with Crippen LogP contribution < -0.4 is 22.1 Å². The van der Waals surface area contributed by atoms with Gasteiger partial charge in [-0.05, 0) is 73.2 Å². The molecule has 5 aliphatic rings. The fourth-order valence-corrected chi connectivity index (χ4v) is 7.12. The molecule has 10 N–H and O–H groups in total. The Balaban J connectivity index is 0.000000254. The average Bonchev–Trinajstić information content (AvgIpc) is 3.76. The molecular weight excluding hydrogens is 581 g/mol. The number of aliphatic carboxylic acids is 1. The number of aliphatic hydroxyl groups is 2. The number of hydrogen-bond donors (Lipinski definition) is 8. The van der Waals surface area contributed by atoms with Gasteiger partial charge in [0.15, 0.2) is 6.10 Å². The van der Waals surface area contributed by atoms with Gasteiger partial charge >= 0.3 is 13.0 Å². The third-order valence-corrected chi connectivity index (χ3v) is 10.3. The number of aliphatic hydroxyl groups excluding tert-OH is 2. The van der Waals surface area contributed by atoms with Gasteiger partial charge < -0.3 is 47.3 Å². The number of fused-ring (bicyclic) bond motifs is 2. The number of carboxylic acids is 1. The van der Waals surface area contributed by atoms with Gasteiger partial charge in [-0.3, -0.25) is 19.2 Å². The number of nitrogens with one attached hydrogen (secondary N) is 2. The van der Waals surface area contributed by atoms with Crippen LogP contribution in [0, 0.1) is 40.4 Å². The highest BCUT2D eigenvalue weighted by atomic mass is 35.5. The quantitative estimate of drug-likeness (QED) is 0.139. The molecule has 3 unspecified atom stereocenters. The first-order valence-electron chi connectivity index (χ1n) is 15.0. The van der Waals surface area contributed by atoms with Gasteiger partial charge in [0, 0.05) is 0 Å². The fraction of sp³-hybridized carbons (Fsp3) is 0.857. The Morgan fingerprint density at radius 2 is 1.58 bits per heavy atom. The summed E-state index contributed by atoms with van der Waals surface area (Å²) in [5, 5.41) is 43.0. The first kappa shape index (κ1) is 37.2. The Morgan fingerprint density at radius 1 is 1.02 bits per heavy atom. The van der Waals surface area contributed by atoms with Gasteiger partial charge in [0.1, 0.15) is 12.1 Å². The summed E-state index contributed by atoms with van der Waals surface area (Å²) in [7, 11) is -0.653. The number of carbonyl (C=O) groups is 4. The number of primary amides is 2. The highest BCUT2D eigenvalue weighted by Gasteiger charge is 2.69. The summed E-state index contributed by atoms with van der Waals surface area (Å²) in [6.45, 7) is 13.5. The topological polar surface area (TPSA) is 229 Å². The lowest BCUT2D eigenvalue weighted by atomic mass is 9.81. The summed E-state index contributed by atoms with van der Waals surface area (Å²) < 4.78 is 0. The minimum Gasteiger partial charge on any atom is -0.480 e. The van der Waals surface area contributed by atoms with E-state index < -0.39 is 49.1 Å². The minimum atomic E-state index is -1.31. The van der Waals surface area contributed by atoms with Gasteiger partial charge in [-0.25, -0.2) is 0 Å². The van der Waals surface area contributed by atoms with Crippen LogP contribution in [0.5, 0.6) is 0 Å². The predicted octanol–water partition coefficient (Wildman–Crippen LogP) is -0.836. The lowest BCUT2D eigenvalue weighted by Gasteiger charge is -2.28. The van der Waals surface area contributed by atoms with Gasteiger partial charge in [0.05, 0.1) is 12.1 Å². The van der Waals surface area contributed by atoms with E-state index in [2.05, 4.69) is 44.1 Å². The SMILES string of the molecule is CB(O)N1C[C@H]2[C@@H]([C@H]1C(=O)O)C2(C)C.CC1(C)[C@@H]2[C@@H](C(=O)NC(CC3CC3)C(O)C(N)=O)NC[C@@H]21.CCC(O)C(N)=O.Cl. The Morgan fingerprint density at radius 3 is 1.95 bits per heavy atom. The van der Waals surface area contributed by atoms with Crippen LogP contribution in [0.25, 0.3) is 0 Å². The summed E-state index contributed by atoms with van der Waals surface area (Å²) in [5.41, 5.74) is 10.2. The molecule has 3 aliphatic carbocycles. The van der Waals surface area contributed by atoms with Gasteiger partial charge in [-0.15, -0.1) is 12.4 Å². The zero-order valence-electron chi connectivity index (χ0n) is 26.0. The maximum Gasteiger partial charge on any atom is 0.377 e. The molecule has 5 fully saturated rings. The minimum absolute atomic E-state index is 0. The molecule has 0 aromatic carbocycles. The largest absolute Gasteiger partial charge is 0.480 e. The van der Waals surface area contributed by atoms with Crippen molar-refractivity contribution < 1.29 is 39.5 Å². The van der Waals surface area contributed by atoms with E-state index in [1.807, 2.05) is 0 Å². The first-order valence-corrected chi connectivity index (χ1v) is 15.0. The van der Waals surface area contributed by atoms with Crippen LogP contribution in [0.4, 0.5) is 0 Å². The number of halogens is 1. The lowest BCUT2D eigenvalue weighted by molar-refractivity contribution is -0.142. The Hall–Kier alpha value is -1.97. The fourth-order valence-electron chi connectivity index (χ4n) is 7.12. The lowest BCUT2D eigenvalue weighted by Crippen LogP contribution is -2.54. The molecule has 3 amide bonds. The molecule has 2 saturated heterocycles. The van der Waals surface area contributed by atoms with E-state index in [0.29, 0.717) is 43.1 Å². The smallest absolute Gasteiger partial charge is 0.377 e. The van der Waals surface area contributed by atoms with E-state index in [9.17, 15) is 29.3 Å². The van der Waals surface area contributed by atoms with Gasteiger partial charge in [0.25, 0.3) is 0 Å². The Kier molecular flexibility index (Phi) is 12.1. The van der Waals surface area contributed by atoms with Crippen molar-refractivity contribution in [1.82, 2.24) is 15.4 Å². The molecule has 0 aromatic rings. The van der Waals surface area contributed by atoms with Crippen LogP contribution in [0.15, 0.2) is 0 Å². The summed E-state index contributed by atoms with van der Waals surface area (Å²) in [6, 6.07) is -1.27. The van der Waals surface area contributed by atoms with E-state index >= 15 is 0 Å². The highest BCUT2D eigenvalue weighted by molar-refractivity contribution is 6.45. The molecule has 3 saturated carbocycles. The second-order valence-corrected chi connectivity index (χ2v) is 13.9. The Bertz CT molecular complexity index is 1040. The number of nitrogens with zero attached hydrogens (tertiary/aromatic N) is 1. The van der Waals surface area contributed by atoms with Gasteiger partial charge in [0.2, 0.25) is 17.7 Å². The molecule has 0 radical (unpaired) electrons. The molecule has 15 heteroatoms. The molecule has 0 spiro atoms. The number of hydrogen-bond acceptors (Lipinski definition) is 9. The molecule has 0 aromatic heterocycles. The van der Waals surface area contributed by atoms with Crippen molar-refractivity contribution in [3.63, 3.8) is 0 Å². The maximum atomic E-state index is 12.5. The van der Waals surface area contributed by atoms with Crippen LogP contribution in [0.2, 0.25) is 6.82 Å². The summed E-state index contributed by atoms with van der Waals surface area (Å²) in [6.07, 6.45) is 0.947. The van der Waals surface area contributed by atoms with Crippen LogP contribution in [0.3, 0.4) is 0 Å². The van der Waals surface area contributed by atoms with E-state index in [0.717, 1.165) is 19.4 Å². The first-order chi connectivity index (χ1) is 19.4. The molecule has 5 rings (SSSR count). The van der Waals surface area contributed by atoms with Crippen molar-refractivity contribution >= 4 is 43.1 Å². The van der Waals surface area contributed by atoms with E-state index in [-0.39, 0.29) is 41.1 Å². The Labute approximate surface area is 260 Å². The summed E-state index contributed by atoms with van der Waals surface area (Å²) >= 11 is 0. The van der Waals surface area contributed by atoms with E-state index in [4.69, 9.17) is 15.9 Å². The van der Waals surface area contributed by atoms with Crippen LogP contribution >= 0.6 is 12.4 Å². The molecule has 13 nitrogen and oxygen atoms in total. The van der Waals surface area contributed by atoms with Crippen LogP contribution in [0.1, 0.15) is 60.3 Å². The molecule has 9 atom stereocenters. The van der Waals surface area contributed by atoms with Crippen molar-refractivity contribution in [3.05, 3.63) is 0 Å². The average molecular weight is 632 g/mol. The summed E-state index contributed by atoms with van der Waals surface area (Å²) in [4.78, 5) is 46.4. The molecule has 2 heterocycles. The number of amides is 3. The third-order valence-electron chi connectivity index (χ3n) is 10.3. The number of nitrogens with two attached hydrogens (primary N) is 2. The zero-order valence-corrected chi connectivity index (χ0v) is 26.8. The van der Waals surface area contributed by atoms with Crippen LogP contribution in [-0.4, -0.2) is 99.3 Å². The van der Waals surface area contributed by atoms with Crippen molar-refractivity contribution in [2.75, 3.05) is 13.1 Å². The van der Waals surface area contributed by atoms with Gasteiger partial charge in [-0.2, -0.15) is 0 Å². The number of carbonyl (C=O) groups excluding carboxylic acids is 3. The number of carboxylic acid groups (broad SMARTS) is 1. The van der Waals surface area contributed by atoms with Crippen molar-refractivity contribution in [2.45, 2.75) is 97.5 Å². The molecule has 246 valence electrons. The van der Waals surface area contributed by atoms with E-state index in [1.165, 1.54) is 0 Å². The molecule has 43 heavy (non-hydrogen) atoms. The summed E-state index contributed by atoms with van der Waals surface area (Å²) in [5.74, 6) is -0.282. The second kappa shape index (κ2) is 14.0. The predicted molar refractivity (Wildman–Crippen MR) is 162 cm³/mol. The third kappa shape index (κ3) is 8.20. The van der Waals surface area contributed by atoms with E-state index in [1.54, 1.807) is 18.6 Å². The van der Waals surface area contributed by atoms with Crippen LogP contribution in [-0.2, 0) is 19.2 Å². The molecule has 2 aliphatic heterocycles. The molecular formula is C28H51BClN5O8. The van der Waals surface area contributed by atoms with Crippen molar-refractivity contribution in [1.29, 1.82) is 0 Å². The normalized spacial score (nSPS) is 32.4. The number of piperidine rings is 2. The zero-order chi connectivity index (χ0) is 31.9. The highest BCUT2D eigenvalue weighted by Crippen LogP contribution is 2.65. The van der Waals surface area contributed by atoms with Crippen molar-refractivity contribution in [2.24, 2.45) is 51.9 Å². The molecule has 0 bridgehead atoms. The van der Waals surface area contributed by atoms with Crippen molar-refractivity contribution in [3.8, 4) is 0 Å². The van der Waals surface area contributed by atoms with Gasteiger partial charge in [-0.1, -0.05) is 47.5 Å².